The summed E-state index contributed by atoms with van der Waals surface area (Å²) in [6, 6.07) is 8.34. The highest BCUT2D eigenvalue weighted by atomic mass is 19.4. The van der Waals surface area contributed by atoms with Gasteiger partial charge in [-0.05, 0) is 23.8 Å². The number of benzene rings is 1. The van der Waals surface area contributed by atoms with Crippen LogP contribution >= 0.6 is 0 Å². The lowest BCUT2D eigenvalue weighted by atomic mass is 10.1. The summed E-state index contributed by atoms with van der Waals surface area (Å²) in [5.41, 5.74) is -0.188. The van der Waals surface area contributed by atoms with Crippen molar-refractivity contribution < 1.29 is 27.8 Å². The van der Waals surface area contributed by atoms with E-state index in [-0.39, 0.29) is 37.1 Å². The average molecular weight is 340 g/mol. The Morgan fingerprint density at radius 3 is 2.67 bits per heavy atom. The molecule has 0 unspecified atom stereocenters. The Bertz CT molecular complexity index is 688. The molecule has 0 radical (unpaired) electrons. The Kier molecular flexibility index (Phi) is 5.62. The Morgan fingerprint density at radius 1 is 1.25 bits per heavy atom. The van der Waals surface area contributed by atoms with Gasteiger partial charge in [-0.25, -0.2) is 4.98 Å². The number of hydrogen-bond acceptors (Lipinski definition) is 4. The third-order valence-corrected chi connectivity index (χ3v) is 3.01. The molecule has 1 aromatic heterocycles. The number of carbonyl (C=O) groups excluding carboxylic acids is 1. The summed E-state index contributed by atoms with van der Waals surface area (Å²) in [5.74, 6) is -0.133. The third-order valence-electron chi connectivity index (χ3n) is 3.01. The molecule has 128 valence electrons. The first-order valence-electron chi connectivity index (χ1n) is 7.05. The first-order chi connectivity index (χ1) is 11.3. The van der Waals surface area contributed by atoms with Crippen molar-refractivity contribution in [1.82, 2.24) is 10.3 Å². The molecule has 0 spiro atoms. The number of ether oxygens (including phenoxy) is 1. The number of aromatic nitrogens is 1. The number of phenolic OH excluding ortho intramolecular Hbond substituents is 1. The van der Waals surface area contributed by atoms with Crippen LogP contribution in [0, 0.1) is 0 Å². The summed E-state index contributed by atoms with van der Waals surface area (Å²) >= 11 is 0. The molecule has 0 aliphatic rings. The largest absolute Gasteiger partial charge is 0.508 e. The molecule has 8 heteroatoms. The lowest BCUT2D eigenvalue weighted by molar-refractivity contribution is -0.137. The smallest absolute Gasteiger partial charge is 0.417 e. The van der Waals surface area contributed by atoms with E-state index in [1.165, 1.54) is 12.1 Å². The zero-order valence-electron chi connectivity index (χ0n) is 12.5. The fourth-order valence-electron chi connectivity index (χ4n) is 1.89. The van der Waals surface area contributed by atoms with Gasteiger partial charge in [0.2, 0.25) is 11.8 Å². The van der Waals surface area contributed by atoms with Crippen LogP contribution in [0.5, 0.6) is 11.6 Å². The zero-order valence-corrected chi connectivity index (χ0v) is 12.5. The maximum atomic E-state index is 12.4. The second-order valence-corrected chi connectivity index (χ2v) is 4.93. The SMILES string of the molecule is O=C(Cc1cccc(O)c1)NCCOc1ccc(C(F)(F)F)cn1. The number of phenols is 1. The van der Waals surface area contributed by atoms with Crippen molar-refractivity contribution in [2.75, 3.05) is 13.2 Å². The molecule has 0 bridgehead atoms. The van der Waals surface area contributed by atoms with Gasteiger partial charge in [0.1, 0.15) is 12.4 Å². The molecule has 2 rings (SSSR count). The van der Waals surface area contributed by atoms with Crippen LogP contribution in [0.4, 0.5) is 13.2 Å². The van der Waals surface area contributed by atoms with E-state index in [0.717, 1.165) is 12.1 Å². The minimum Gasteiger partial charge on any atom is -0.508 e. The van der Waals surface area contributed by atoms with Gasteiger partial charge in [0.05, 0.1) is 18.5 Å². The summed E-state index contributed by atoms with van der Waals surface area (Å²) in [4.78, 5) is 15.3. The molecule has 2 N–H and O–H groups in total. The van der Waals surface area contributed by atoms with Gasteiger partial charge in [-0.1, -0.05) is 12.1 Å². The van der Waals surface area contributed by atoms with E-state index in [4.69, 9.17) is 4.74 Å². The third kappa shape index (κ3) is 5.45. The molecule has 2 aromatic rings. The number of nitrogens with one attached hydrogen (secondary N) is 1. The van der Waals surface area contributed by atoms with Gasteiger partial charge in [-0.15, -0.1) is 0 Å². The van der Waals surface area contributed by atoms with E-state index in [1.807, 2.05) is 0 Å². The fourth-order valence-corrected chi connectivity index (χ4v) is 1.89. The van der Waals surface area contributed by atoms with Crippen LogP contribution in [-0.2, 0) is 17.4 Å². The number of alkyl halides is 3. The molecule has 0 saturated heterocycles. The monoisotopic (exact) mass is 340 g/mol. The molecule has 0 fully saturated rings. The Balaban J connectivity index is 1.71. The molecular formula is C16H15F3N2O3. The Labute approximate surface area is 136 Å². The van der Waals surface area contributed by atoms with Gasteiger partial charge in [0.25, 0.3) is 0 Å². The number of halogens is 3. The molecule has 0 saturated carbocycles. The predicted octanol–water partition coefficient (Wildman–Crippen LogP) is 2.54. The number of nitrogens with zero attached hydrogens (tertiary/aromatic N) is 1. The Morgan fingerprint density at radius 2 is 2.04 bits per heavy atom. The average Bonchev–Trinajstić information content (AvgIpc) is 2.51. The maximum absolute atomic E-state index is 12.4. The Hall–Kier alpha value is -2.77. The van der Waals surface area contributed by atoms with Gasteiger partial charge < -0.3 is 15.2 Å². The number of carbonyl (C=O) groups is 1. The highest BCUT2D eigenvalue weighted by Gasteiger charge is 2.30. The molecule has 0 aliphatic heterocycles. The molecule has 0 aliphatic carbocycles. The lowest BCUT2D eigenvalue weighted by Gasteiger charge is -2.09. The number of aromatic hydroxyl groups is 1. The molecule has 1 aromatic carbocycles. The molecule has 24 heavy (non-hydrogen) atoms. The minimum atomic E-state index is -4.44. The van der Waals surface area contributed by atoms with Crippen molar-refractivity contribution in [3.8, 4) is 11.6 Å². The lowest BCUT2D eigenvalue weighted by Crippen LogP contribution is -2.29. The summed E-state index contributed by atoms with van der Waals surface area (Å²) in [6.45, 7) is 0.254. The van der Waals surface area contributed by atoms with Crippen molar-refractivity contribution in [3.05, 3.63) is 53.7 Å². The second kappa shape index (κ2) is 7.67. The molecule has 0 atom stereocenters. The van der Waals surface area contributed by atoms with Crippen molar-refractivity contribution in [1.29, 1.82) is 0 Å². The standard InChI is InChI=1S/C16H15F3N2O3/c17-16(18,19)12-4-5-15(21-10-12)24-7-6-20-14(23)9-11-2-1-3-13(22)8-11/h1-5,8,10,22H,6-7,9H2,(H,20,23). The van der Waals surface area contributed by atoms with Crippen molar-refractivity contribution in [3.63, 3.8) is 0 Å². The highest BCUT2D eigenvalue weighted by Crippen LogP contribution is 2.29. The van der Waals surface area contributed by atoms with Crippen LogP contribution < -0.4 is 10.1 Å². The normalized spacial score (nSPS) is 11.1. The molecular weight excluding hydrogens is 325 g/mol. The summed E-state index contributed by atoms with van der Waals surface area (Å²) < 4.78 is 42.3. The van der Waals surface area contributed by atoms with Crippen molar-refractivity contribution in [2.24, 2.45) is 0 Å². The van der Waals surface area contributed by atoms with E-state index < -0.39 is 11.7 Å². The van der Waals surface area contributed by atoms with Gasteiger partial charge in [0.15, 0.2) is 0 Å². The number of rotatable bonds is 6. The topological polar surface area (TPSA) is 71.5 Å². The number of pyridine rings is 1. The first kappa shape index (κ1) is 17.6. The summed E-state index contributed by atoms with van der Waals surface area (Å²) in [6.07, 6.45) is -3.64. The van der Waals surface area contributed by atoms with E-state index >= 15 is 0 Å². The number of amides is 1. The second-order valence-electron chi connectivity index (χ2n) is 4.93. The van der Waals surface area contributed by atoms with E-state index in [9.17, 15) is 23.1 Å². The number of hydrogen-bond donors (Lipinski definition) is 2. The molecule has 1 amide bonds. The highest BCUT2D eigenvalue weighted by molar-refractivity contribution is 5.78. The van der Waals surface area contributed by atoms with Gasteiger partial charge in [0, 0.05) is 12.3 Å². The first-order valence-corrected chi connectivity index (χ1v) is 7.05. The van der Waals surface area contributed by atoms with Crippen LogP contribution in [0.2, 0.25) is 0 Å². The van der Waals surface area contributed by atoms with E-state index in [1.54, 1.807) is 12.1 Å². The van der Waals surface area contributed by atoms with Crippen LogP contribution in [0.15, 0.2) is 42.6 Å². The maximum Gasteiger partial charge on any atom is 0.417 e. The summed E-state index contributed by atoms with van der Waals surface area (Å²) in [5, 5.41) is 11.9. The minimum absolute atomic E-state index is 0.0465. The quantitative estimate of drug-likeness (QED) is 0.793. The van der Waals surface area contributed by atoms with Crippen molar-refractivity contribution >= 4 is 5.91 Å². The predicted molar refractivity (Wildman–Crippen MR) is 79.6 cm³/mol. The van der Waals surface area contributed by atoms with E-state index in [0.29, 0.717) is 11.8 Å². The van der Waals surface area contributed by atoms with Crippen LogP contribution in [-0.4, -0.2) is 29.1 Å². The van der Waals surface area contributed by atoms with Crippen molar-refractivity contribution in [2.45, 2.75) is 12.6 Å². The summed E-state index contributed by atoms with van der Waals surface area (Å²) in [7, 11) is 0. The van der Waals surface area contributed by atoms with Crippen LogP contribution in [0.3, 0.4) is 0 Å². The van der Waals surface area contributed by atoms with Crippen LogP contribution in [0.25, 0.3) is 0 Å². The van der Waals surface area contributed by atoms with Gasteiger partial charge in [-0.2, -0.15) is 13.2 Å². The van der Waals surface area contributed by atoms with Gasteiger partial charge >= 0.3 is 6.18 Å². The zero-order chi connectivity index (χ0) is 17.6. The van der Waals surface area contributed by atoms with Crippen LogP contribution in [0.1, 0.15) is 11.1 Å². The van der Waals surface area contributed by atoms with Gasteiger partial charge in [-0.3, -0.25) is 4.79 Å². The van der Waals surface area contributed by atoms with E-state index in [2.05, 4.69) is 10.3 Å². The fraction of sp³-hybridized carbons (Fsp3) is 0.250. The molecule has 5 nitrogen and oxygen atoms in total. The molecule has 1 heterocycles.